The number of anilines is 1. The van der Waals surface area contributed by atoms with Crippen LogP contribution in [0.1, 0.15) is 5.69 Å². The maximum Gasteiger partial charge on any atom is 0.258 e. The predicted molar refractivity (Wildman–Crippen MR) is 99.5 cm³/mol. The van der Waals surface area contributed by atoms with E-state index < -0.39 is 0 Å². The molecule has 0 aromatic carbocycles. The van der Waals surface area contributed by atoms with Gasteiger partial charge in [-0.1, -0.05) is 11.6 Å². The first-order valence-electron chi connectivity index (χ1n) is 8.23. The molecular formula is C18H18ClN5O. The fraction of sp³-hybridized carbons (Fsp3) is 0.278. The van der Waals surface area contributed by atoms with Gasteiger partial charge in [-0.2, -0.15) is 0 Å². The van der Waals surface area contributed by atoms with Crippen molar-refractivity contribution in [1.82, 2.24) is 19.7 Å². The lowest BCUT2D eigenvalue weighted by Crippen LogP contribution is -2.43. The fourth-order valence-electron chi connectivity index (χ4n) is 3.00. The monoisotopic (exact) mass is 355 g/mol. The highest BCUT2D eigenvalue weighted by molar-refractivity contribution is 6.31. The minimum atomic E-state index is -0.117. The van der Waals surface area contributed by atoms with Crippen LogP contribution in [0.5, 0.6) is 0 Å². The Morgan fingerprint density at radius 3 is 2.76 bits per heavy atom. The number of halogens is 1. The number of nitrogens with zero attached hydrogens (tertiary/aromatic N) is 4. The fourth-order valence-corrected chi connectivity index (χ4v) is 3.16. The van der Waals surface area contributed by atoms with E-state index in [-0.39, 0.29) is 5.56 Å². The number of hydrogen-bond donors (Lipinski definition) is 1. The summed E-state index contributed by atoms with van der Waals surface area (Å²) in [5, 5.41) is 3.89. The zero-order chi connectivity index (χ0) is 17.4. The van der Waals surface area contributed by atoms with Crippen molar-refractivity contribution < 1.29 is 0 Å². The lowest BCUT2D eigenvalue weighted by Gasteiger charge is -2.29. The van der Waals surface area contributed by atoms with E-state index in [4.69, 9.17) is 11.6 Å². The molecule has 128 valence electrons. The first-order valence-corrected chi connectivity index (χ1v) is 8.61. The van der Waals surface area contributed by atoms with Crippen LogP contribution in [0, 0.1) is 6.92 Å². The lowest BCUT2D eigenvalue weighted by molar-refractivity contribution is 0.588. The van der Waals surface area contributed by atoms with Gasteiger partial charge < -0.3 is 10.2 Å². The van der Waals surface area contributed by atoms with Crippen molar-refractivity contribution in [1.29, 1.82) is 0 Å². The number of piperazine rings is 1. The van der Waals surface area contributed by atoms with E-state index in [0.717, 1.165) is 43.1 Å². The van der Waals surface area contributed by atoms with Gasteiger partial charge in [-0.15, -0.1) is 0 Å². The molecule has 4 rings (SSSR count). The van der Waals surface area contributed by atoms with Crippen molar-refractivity contribution in [3.8, 4) is 11.3 Å². The van der Waals surface area contributed by atoms with Crippen LogP contribution in [0.25, 0.3) is 16.9 Å². The molecular weight excluding hydrogens is 338 g/mol. The maximum absolute atomic E-state index is 12.6. The van der Waals surface area contributed by atoms with Gasteiger partial charge in [0.05, 0.1) is 22.1 Å². The number of hydrogen-bond acceptors (Lipinski definition) is 5. The van der Waals surface area contributed by atoms with Crippen LogP contribution in [0.2, 0.25) is 5.02 Å². The van der Waals surface area contributed by atoms with E-state index in [2.05, 4.69) is 20.2 Å². The molecule has 3 aromatic heterocycles. The van der Waals surface area contributed by atoms with E-state index in [1.54, 1.807) is 16.7 Å². The molecule has 1 N–H and O–H groups in total. The standard InChI is InChI=1S/C18H18ClN5O/c1-12-15(19)8-13(10-21-12)16-9-18(25)24-11-14(2-3-17(24)22-16)23-6-4-20-5-7-23/h2-3,8-11,20H,4-7H2,1H3. The second-order valence-corrected chi connectivity index (χ2v) is 6.53. The normalized spacial score (nSPS) is 14.9. The number of pyridine rings is 2. The van der Waals surface area contributed by atoms with Gasteiger partial charge in [0.25, 0.3) is 5.56 Å². The van der Waals surface area contributed by atoms with Gasteiger partial charge in [-0.25, -0.2) is 4.98 Å². The van der Waals surface area contributed by atoms with Crippen LogP contribution in [0.4, 0.5) is 5.69 Å². The number of nitrogens with one attached hydrogen (secondary N) is 1. The van der Waals surface area contributed by atoms with Gasteiger partial charge in [-0.3, -0.25) is 14.2 Å². The predicted octanol–water partition coefficient (Wildman–Crippen LogP) is 2.13. The van der Waals surface area contributed by atoms with Crippen molar-refractivity contribution in [2.24, 2.45) is 0 Å². The number of fused-ring (bicyclic) bond motifs is 1. The summed E-state index contributed by atoms with van der Waals surface area (Å²) < 4.78 is 1.59. The molecule has 0 radical (unpaired) electrons. The Kier molecular flexibility index (Phi) is 4.15. The summed E-state index contributed by atoms with van der Waals surface area (Å²) in [7, 11) is 0. The first-order chi connectivity index (χ1) is 12.1. The van der Waals surface area contributed by atoms with E-state index >= 15 is 0 Å². The van der Waals surface area contributed by atoms with E-state index in [1.165, 1.54) is 6.07 Å². The Labute approximate surface area is 150 Å². The van der Waals surface area contributed by atoms with Gasteiger partial charge >= 0.3 is 0 Å². The van der Waals surface area contributed by atoms with Crippen molar-refractivity contribution in [3.63, 3.8) is 0 Å². The molecule has 4 heterocycles. The van der Waals surface area contributed by atoms with Crippen LogP contribution < -0.4 is 15.8 Å². The molecule has 0 amide bonds. The van der Waals surface area contributed by atoms with Crippen LogP contribution >= 0.6 is 11.6 Å². The van der Waals surface area contributed by atoms with Gasteiger partial charge in [0, 0.05) is 50.2 Å². The summed E-state index contributed by atoms with van der Waals surface area (Å²) in [6, 6.07) is 7.21. The Morgan fingerprint density at radius 1 is 1.20 bits per heavy atom. The van der Waals surface area contributed by atoms with Crippen molar-refractivity contribution in [2.45, 2.75) is 6.92 Å². The number of rotatable bonds is 2. The maximum atomic E-state index is 12.6. The quantitative estimate of drug-likeness (QED) is 0.763. The Hall–Kier alpha value is -2.44. The molecule has 1 saturated heterocycles. The number of aromatic nitrogens is 3. The molecule has 1 aliphatic rings. The molecule has 25 heavy (non-hydrogen) atoms. The van der Waals surface area contributed by atoms with E-state index in [9.17, 15) is 4.79 Å². The van der Waals surface area contributed by atoms with Crippen molar-refractivity contribution in [3.05, 3.63) is 57.7 Å². The summed E-state index contributed by atoms with van der Waals surface area (Å²) in [5.74, 6) is 0. The van der Waals surface area contributed by atoms with Gasteiger partial charge in [0.15, 0.2) is 0 Å². The highest BCUT2D eigenvalue weighted by atomic mass is 35.5. The molecule has 0 atom stereocenters. The molecule has 6 nitrogen and oxygen atoms in total. The summed E-state index contributed by atoms with van der Waals surface area (Å²) in [6.45, 7) is 5.60. The average Bonchev–Trinajstić information content (AvgIpc) is 2.64. The van der Waals surface area contributed by atoms with Crippen LogP contribution in [-0.2, 0) is 0 Å². The third kappa shape index (κ3) is 3.10. The zero-order valence-corrected chi connectivity index (χ0v) is 14.6. The first kappa shape index (κ1) is 16.1. The molecule has 0 aliphatic carbocycles. The zero-order valence-electron chi connectivity index (χ0n) is 13.9. The second-order valence-electron chi connectivity index (χ2n) is 6.12. The average molecular weight is 356 g/mol. The highest BCUT2D eigenvalue weighted by Gasteiger charge is 2.12. The smallest absolute Gasteiger partial charge is 0.258 e. The van der Waals surface area contributed by atoms with Crippen molar-refractivity contribution in [2.75, 3.05) is 31.1 Å². The summed E-state index contributed by atoms with van der Waals surface area (Å²) in [5.41, 5.74) is 3.59. The molecule has 3 aromatic rings. The Balaban J connectivity index is 1.77. The van der Waals surface area contributed by atoms with E-state index in [0.29, 0.717) is 16.4 Å². The molecule has 0 bridgehead atoms. The molecule has 0 saturated carbocycles. The van der Waals surface area contributed by atoms with Gasteiger partial charge in [-0.05, 0) is 25.1 Å². The molecule has 7 heteroatoms. The molecule has 0 spiro atoms. The van der Waals surface area contributed by atoms with Crippen LogP contribution in [0.3, 0.4) is 0 Å². The molecule has 1 fully saturated rings. The van der Waals surface area contributed by atoms with Crippen LogP contribution in [-0.4, -0.2) is 40.5 Å². The third-order valence-electron chi connectivity index (χ3n) is 4.45. The summed E-state index contributed by atoms with van der Waals surface area (Å²) in [4.78, 5) is 23.7. The largest absolute Gasteiger partial charge is 0.368 e. The summed E-state index contributed by atoms with van der Waals surface area (Å²) in [6.07, 6.45) is 3.55. The minimum Gasteiger partial charge on any atom is -0.368 e. The minimum absolute atomic E-state index is 0.117. The molecule has 0 unspecified atom stereocenters. The van der Waals surface area contributed by atoms with Gasteiger partial charge in [0.2, 0.25) is 0 Å². The lowest BCUT2D eigenvalue weighted by atomic mass is 10.2. The summed E-state index contributed by atoms with van der Waals surface area (Å²) >= 11 is 6.14. The SMILES string of the molecule is Cc1ncc(-c2cc(=O)n3cc(N4CCNCC4)ccc3n2)cc1Cl. The van der Waals surface area contributed by atoms with Crippen molar-refractivity contribution >= 4 is 22.9 Å². The third-order valence-corrected chi connectivity index (χ3v) is 4.83. The molecule has 1 aliphatic heterocycles. The topological polar surface area (TPSA) is 62.5 Å². The van der Waals surface area contributed by atoms with Gasteiger partial charge in [0.1, 0.15) is 5.65 Å². The Bertz CT molecular complexity index is 994. The number of aryl methyl sites for hydroxylation is 1. The Morgan fingerprint density at radius 2 is 2.00 bits per heavy atom. The van der Waals surface area contributed by atoms with E-state index in [1.807, 2.05) is 25.3 Å². The highest BCUT2D eigenvalue weighted by Crippen LogP contribution is 2.22. The van der Waals surface area contributed by atoms with Crippen LogP contribution in [0.15, 0.2) is 41.5 Å². The second kappa shape index (κ2) is 6.46.